The van der Waals surface area contributed by atoms with Crippen LogP contribution in [0, 0.1) is 11.5 Å². The Morgan fingerprint density at radius 2 is 2.00 bits per heavy atom. The topological polar surface area (TPSA) is 111 Å². The SMILES string of the molecule is COc1ncccc1NC(=NC(NC(=O)c1ccc(Cl)cc1)C(C)(Cl)Cl)NC#N. The fraction of sp³-hybridized carbons (Fsp3) is 0.222. The van der Waals surface area contributed by atoms with Gasteiger partial charge < -0.3 is 15.4 Å². The number of alkyl halides is 2. The summed E-state index contributed by atoms with van der Waals surface area (Å²) in [6.07, 6.45) is 2.19. The zero-order valence-electron chi connectivity index (χ0n) is 15.4. The van der Waals surface area contributed by atoms with Crippen LogP contribution in [0.2, 0.25) is 5.02 Å². The minimum absolute atomic E-state index is 0.0206. The van der Waals surface area contributed by atoms with Gasteiger partial charge in [-0.2, -0.15) is 5.26 Å². The van der Waals surface area contributed by atoms with Gasteiger partial charge in [0, 0.05) is 16.8 Å². The van der Waals surface area contributed by atoms with Crippen LogP contribution in [-0.4, -0.2) is 34.5 Å². The van der Waals surface area contributed by atoms with E-state index < -0.39 is 16.4 Å². The second-order valence-electron chi connectivity index (χ2n) is 5.74. The van der Waals surface area contributed by atoms with Crippen molar-refractivity contribution < 1.29 is 9.53 Å². The van der Waals surface area contributed by atoms with Crippen LogP contribution >= 0.6 is 34.8 Å². The molecule has 1 aromatic heterocycles. The van der Waals surface area contributed by atoms with Gasteiger partial charge in [-0.25, -0.2) is 9.98 Å². The molecule has 0 fully saturated rings. The summed E-state index contributed by atoms with van der Waals surface area (Å²) < 4.78 is 3.66. The Morgan fingerprint density at radius 3 is 2.59 bits per heavy atom. The molecule has 1 heterocycles. The van der Waals surface area contributed by atoms with E-state index in [4.69, 9.17) is 44.8 Å². The third-order valence-corrected chi connectivity index (χ3v) is 4.17. The van der Waals surface area contributed by atoms with E-state index in [2.05, 4.69) is 25.9 Å². The fourth-order valence-corrected chi connectivity index (χ4v) is 2.47. The molecule has 1 atom stereocenters. The molecule has 3 N–H and O–H groups in total. The van der Waals surface area contributed by atoms with Crippen LogP contribution in [0.1, 0.15) is 17.3 Å². The number of amides is 1. The number of carbonyl (C=O) groups excluding carboxylic acids is 1. The van der Waals surface area contributed by atoms with Crippen molar-refractivity contribution in [3.8, 4) is 12.1 Å². The Balaban J connectivity index is 2.30. The first-order chi connectivity index (χ1) is 13.7. The summed E-state index contributed by atoms with van der Waals surface area (Å²) in [6, 6.07) is 9.59. The molecule has 0 aliphatic rings. The van der Waals surface area contributed by atoms with Crippen molar-refractivity contribution in [3.63, 3.8) is 0 Å². The van der Waals surface area contributed by atoms with Gasteiger partial charge in [-0.3, -0.25) is 10.1 Å². The van der Waals surface area contributed by atoms with E-state index in [1.807, 2.05) is 0 Å². The molecule has 0 saturated heterocycles. The number of hydrogen-bond donors (Lipinski definition) is 3. The predicted molar refractivity (Wildman–Crippen MR) is 113 cm³/mol. The van der Waals surface area contributed by atoms with Gasteiger partial charge in [0.2, 0.25) is 11.8 Å². The maximum Gasteiger partial charge on any atom is 0.253 e. The molecule has 0 bridgehead atoms. The molecular formula is C18H17Cl3N6O2. The van der Waals surface area contributed by atoms with Gasteiger partial charge in [-0.15, -0.1) is 0 Å². The minimum atomic E-state index is -1.49. The van der Waals surface area contributed by atoms with Crippen LogP contribution in [0.4, 0.5) is 5.69 Å². The highest BCUT2D eigenvalue weighted by Crippen LogP contribution is 2.26. The first-order valence-corrected chi connectivity index (χ1v) is 9.31. The van der Waals surface area contributed by atoms with E-state index in [-0.39, 0.29) is 11.8 Å². The standard InChI is InChI=1S/C18H17Cl3N6O2/c1-18(20,21)16(26-14(28)11-5-7-12(19)8-6-11)27-17(24-10-22)25-13-4-3-9-23-15(13)29-2/h3-9,16H,1-2H3,(H,26,28)(H2,24,25,27). The number of ether oxygens (including phenoxy) is 1. The van der Waals surface area contributed by atoms with E-state index in [0.29, 0.717) is 16.3 Å². The highest BCUT2D eigenvalue weighted by Gasteiger charge is 2.32. The van der Waals surface area contributed by atoms with Crippen molar-refractivity contribution in [1.82, 2.24) is 15.6 Å². The number of nitriles is 1. The molecule has 29 heavy (non-hydrogen) atoms. The zero-order valence-corrected chi connectivity index (χ0v) is 17.7. The highest BCUT2D eigenvalue weighted by atomic mass is 35.5. The quantitative estimate of drug-likeness (QED) is 0.202. The van der Waals surface area contributed by atoms with Gasteiger partial charge in [0.1, 0.15) is 5.69 Å². The molecule has 2 aromatic rings. The predicted octanol–water partition coefficient (Wildman–Crippen LogP) is 3.53. The largest absolute Gasteiger partial charge is 0.480 e. The smallest absolute Gasteiger partial charge is 0.253 e. The number of hydrogen-bond acceptors (Lipinski definition) is 5. The average molecular weight is 456 g/mol. The molecule has 0 aliphatic carbocycles. The maximum atomic E-state index is 12.5. The maximum absolute atomic E-state index is 12.5. The third-order valence-electron chi connectivity index (χ3n) is 3.50. The lowest BCUT2D eigenvalue weighted by molar-refractivity contribution is 0.0935. The van der Waals surface area contributed by atoms with Gasteiger partial charge in [0.05, 0.1) is 7.11 Å². The Hall–Kier alpha value is -2.73. The van der Waals surface area contributed by atoms with E-state index in [9.17, 15) is 4.79 Å². The monoisotopic (exact) mass is 454 g/mol. The number of nitrogens with zero attached hydrogens (tertiary/aromatic N) is 3. The van der Waals surface area contributed by atoms with Crippen molar-refractivity contribution in [2.75, 3.05) is 12.4 Å². The van der Waals surface area contributed by atoms with Gasteiger partial charge in [-0.05, 0) is 43.3 Å². The van der Waals surface area contributed by atoms with Crippen molar-refractivity contribution in [1.29, 1.82) is 5.26 Å². The molecule has 1 amide bonds. The number of aromatic nitrogens is 1. The number of benzene rings is 1. The summed E-state index contributed by atoms with van der Waals surface area (Å²) in [4.78, 5) is 20.8. The summed E-state index contributed by atoms with van der Waals surface area (Å²) in [5.41, 5.74) is 0.772. The van der Waals surface area contributed by atoms with Crippen LogP contribution in [0.3, 0.4) is 0 Å². The summed E-state index contributed by atoms with van der Waals surface area (Å²) in [6.45, 7) is 1.46. The number of carbonyl (C=O) groups is 1. The first kappa shape index (κ1) is 22.6. The zero-order chi connectivity index (χ0) is 21.4. The second kappa shape index (κ2) is 10.2. The van der Waals surface area contributed by atoms with Crippen LogP contribution < -0.4 is 20.7 Å². The number of nitrogens with one attached hydrogen (secondary N) is 3. The van der Waals surface area contributed by atoms with Crippen molar-refractivity contribution in [3.05, 3.63) is 53.2 Å². The lowest BCUT2D eigenvalue weighted by Crippen LogP contribution is -2.45. The molecule has 8 nitrogen and oxygen atoms in total. The first-order valence-electron chi connectivity index (χ1n) is 8.17. The number of aliphatic imine (C=N–C) groups is 1. The molecule has 0 saturated carbocycles. The third kappa shape index (κ3) is 6.68. The Labute approximate surface area is 182 Å². The number of guanidine groups is 1. The molecular weight excluding hydrogens is 439 g/mol. The highest BCUT2D eigenvalue weighted by molar-refractivity contribution is 6.48. The second-order valence-corrected chi connectivity index (χ2v) is 7.94. The summed E-state index contributed by atoms with van der Waals surface area (Å²) in [5.74, 6) is -0.216. The number of pyridine rings is 1. The van der Waals surface area contributed by atoms with Crippen LogP contribution in [0.25, 0.3) is 0 Å². The number of halogens is 3. The number of methoxy groups -OCH3 is 1. The lowest BCUT2D eigenvalue weighted by Gasteiger charge is -2.25. The van der Waals surface area contributed by atoms with Gasteiger partial charge in [0.15, 0.2) is 16.7 Å². The van der Waals surface area contributed by atoms with Crippen molar-refractivity contribution in [2.45, 2.75) is 17.4 Å². The number of rotatable bonds is 6. The summed E-state index contributed by atoms with van der Waals surface area (Å²) >= 11 is 18.3. The normalized spacial score (nSPS) is 12.5. The van der Waals surface area contributed by atoms with E-state index in [1.165, 1.54) is 14.0 Å². The Bertz CT molecular complexity index is 922. The Morgan fingerprint density at radius 1 is 1.31 bits per heavy atom. The van der Waals surface area contributed by atoms with Gasteiger partial charge in [-0.1, -0.05) is 34.8 Å². The van der Waals surface area contributed by atoms with Crippen LogP contribution in [-0.2, 0) is 0 Å². The molecule has 0 spiro atoms. The minimum Gasteiger partial charge on any atom is -0.480 e. The summed E-state index contributed by atoms with van der Waals surface area (Å²) in [7, 11) is 1.45. The van der Waals surface area contributed by atoms with E-state index in [0.717, 1.165) is 0 Å². The van der Waals surface area contributed by atoms with Crippen molar-refractivity contribution >= 4 is 52.4 Å². The molecule has 152 valence electrons. The lowest BCUT2D eigenvalue weighted by atomic mass is 10.2. The van der Waals surface area contributed by atoms with Crippen molar-refractivity contribution in [2.24, 2.45) is 4.99 Å². The van der Waals surface area contributed by atoms with E-state index in [1.54, 1.807) is 48.8 Å². The molecule has 0 radical (unpaired) electrons. The number of anilines is 1. The van der Waals surface area contributed by atoms with Crippen LogP contribution in [0.5, 0.6) is 5.88 Å². The average Bonchev–Trinajstić information content (AvgIpc) is 2.67. The fourth-order valence-electron chi connectivity index (χ4n) is 2.14. The molecule has 11 heteroatoms. The molecule has 0 aliphatic heterocycles. The van der Waals surface area contributed by atoms with Gasteiger partial charge >= 0.3 is 0 Å². The summed E-state index contributed by atoms with van der Waals surface area (Å²) in [5, 5.41) is 17.4. The molecule has 2 rings (SSSR count). The van der Waals surface area contributed by atoms with E-state index >= 15 is 0 Å². The molecule has 1 unspecified atom stereocenters. The molecule has 1 aromatic carbocycles. The Kier molecular flexibility index (Phi) is 7.91. The van der Waals surface area contributed by atoms with Crippen LogP contribution in [0.15, 0.2) is 47.6 Å². The van der Waals surface area contributed by atoms with Gasteiger partial charge in [0.25, 0.3) is 5.91 Å².